The highest BCUT2D eigenvalue weighted by molar-refractivity contribution is 9.10. The molecule has 0 aliphatic heterocycles. The number of ether oxygens (including phenoxy) is 2. The Morgan fingerprint density at radius 1 is 0.875 bits per heavy atom. The van der Waals surface area contributed by atoms with Gasteiger partial charge < -0.3 is 9.47 Å². The monoisotopic (exact) mass is 395 g/mol. The highest BCUT2D eigenvalue weighted by Gasteiger charge is 2.11. The molecule has 0 N–H and O–H groups in total. The largest absolute Gasteiger partial charge is 0.493 e. The summed E-state index contributed by atoms with van der Waals surface area (Å²) in [6.45, 7) is 5.81. The van der Waals surface area contributed by atoms with Gasteiger partial charge in [-0.3, -0.25) is 0 Å². The Hall–Kier alpha value is -1.21. The van der Waals surface area contributed by atoms with E-state index in [2.05, 4.69) is 35.8 Å². The van der Waals surface area contributed by atoms with Gasteiger partial charge in [-0.05, 0) is 40.9 Å². The van der Waals surface area contributed by atoms with E-state index in [9.17, 15) is 0 Å². The third-order valence-corrected chi connectivity index (χ3v) is 4.52. The van der Waals surface area contributed by atoms with Gasteiger partial charge in [0.05, 0.1) is 30.2 Å². The zero-order valence-corrected chi connectivity index (χ0v) is 16.7. The van der Waals surface area contributed by atoms with E-state index < -0.39 is 0 Å². The van der Waals surface area contributed by atoms with Crippen LogP contribution in [0.1, 0.15) is 70.8 Å². The smallest absolute Gasteiger partial charge is 0.134 e. The molecule has 0 saturated heterocycles. The molecule has 3 nitrogen and oxygen atoms in total. The first-order chi connectivity index (χ1) is 11.7. The van der Waals surface area contributed by atoms with Crippen molar-refractivity contribution < 1.29 is 9.47 Å². The Morgan fingerprint density at radius 3 is 2.00 bits per heavy atom. The summed E-state index contributed by atoms with van der Waals surface area (Å²) >= 11 is 3.56. The van der Waals surface area contributed by atoms with Gasteiger partial charge >= 0.3 is 0 Å². The van der Waals surface area contributed by atoms with Crippen LogP contribution in [0.3, 0.4) is 0 Å². The molecule has 0 bridgehead atoms. The van der Waals surface area contributed by atoms with Crippen LogP contribution < -0.4 is 9.47 Å². The summed E-state index contributed by atoms with van der Waals surface area (Å²) in [5.74, 6) is 1.59. The fraction of sp³-hybridized carbons (Fsp3) is 0.650. The van der Waals surface area contributed by atoms with Gasteiger partial charge in [-0.2, -0.15) is 5.26 Å². The molecule has 0 aliphatic rings. The lowest BCUT2D eigenvalue weighted by Crippen LogP contribution is -2.03. The molecule has 0 fully saturated rings. The molecule has 0 aromatic heterocycles. The number of benzene rings is 1. The maximum absolute atomic E-state index is 9.06. The van der Waals surface area contributed by atoms with Crippen LogP contribution in [-0.4, -0.2) is 13.2 Å². The van der Waals surface area contributed by atoms with Crippen LogP contribution in [0.4, 0.5) is 0 Å². The van der Waals surface area contributed by atoms with E-state index in [1.165, 1.54) is 38.5 Å². The van der Waals surface area contributed by atoms with Crippen molar-refractivity contribution in [2.45, 2.75) is 71.6 Å². The van der Waals surface area contributed by atoms with Crippen LogP contribution in [0.5, 0.6) is 11.5 Å². The number of hydrogen-bond donors (Lipinski definition) is 0. The normalized spacial score (nSPS) is 10.4. The summed E-state index contributed by atoms with van der Waals surface area (Å²) in [7, 11) is 0. The van der Waals surface area contributed by atoms with Gasteiger partial charge in [0.2, 0.25) is 0 Å². The SMILES string of the molecule is CCCCCCOc1cc(CC#N)c(OCCCCCC)cc1Br. The molecule has 0 heterocycles. The Kier molecular flexibility index (Phi) is 11.4. The third kappa shape index (κ3) is 8.06. The van der Waals surface area contributed by atoms with Gasteiger partial charge in [-0.25, -0.2) is 0 Å². The van der Waals surface area contributed by atoms with Crippen molar-refractivity contribution in [2.24, 2.45) is 0 Å². The molecule has 0 unspecified atom stereocenters. The number of nitriles is 1. The molecule has 1 rings (SSSR count). The minimum Gasteiger partial charge on any atom is -0.493 e. The zero-order chi connectivity index (χ0) is 17.6. The minimum atomic E-state index is 0.337. The molecule has 4 heteroatoms. The molecule has 0 aliphatic carbocycles. The fourth-order valence-electron chi connectivity index (χ4n) is 2.47. The maximum atomic E-state index is 9.06. The van der Waals surface area contributed by atoms with Crippen molar-refractivity contribution in [1.29, 1.82) is 5.26 Å². The first-order valence-corrected chi connectivity index (χ1v) is 9.97. The van der Waals surface area contributed by atoms with E-state index in [0.29, 0.717) is 19.6 Å². The third-order valence-electron chi connectivity index (χ3n) is 3.90. The average molecular weight is 396 g/mol. The standard InChI is InChI=1S/C20H30BrNO2/c1-3-5-7-9-13-23-19-16-18(21)20(15-17(19)11-12-22)24-14-10-8-6-4-2/h15-16H,3-11,13-14H2,1-2H3. The summed E-state index contributed by atoms with van der Waals surface area (Å²) in [5, 5.41) is 9.06. The minimum absolute atomic E-state index is 0.337. The van der Waals surface area contributed by atoms with E-state index >= 15 is 0 Å². The molecule has 0 atom stereocenters. The van der Waals surface area contributed by atoms with E-state index in [1.54, 1.807) is 0 Å². The fourth-order valence-corrected chi connectivity index (χ4v) is 2.90. The van der Waals surface area contributed by atoms with Crippen LogP contribution in [0.2, 0.25) is 0 Å². The number of halogens is 1. The quantitative estimate of drug-likeness (QED) is 0.361. The van der Waals surface area contributed by atoms with Crippen LogP contribution in [0, 0.1) is 11.3 Å². The van der Waals surface area contributed by atoms with Gasteiger partial charge in [0.1, 0.15) is 11.5 Å². The second-order valence-electron chi connectivity index (χ2n) is 6.04. The van der Waals surface area contributed by atoms with Crippen LogP contribution in [-0.2, 0) is 6.42 Å². The lowest BCUT2D eigenvalue weighted by Gasteiger charge is -2.14. The maximum Gasteiger partial charge on any atom is 0.134 e. The zero-order valence-electron chi connectivity index (χ0n) is 15.1. The van der Waals surface area contributed by atoms with Crippen molar-refractivity contribution in [3.8, 4) is 17.6 Å². The van der Waals surface area contributed by atoms with E-state index in [4.69, 9.17) is 14.7 Å². The number of hydrogen-bond acceptors (Lipinski definition) is 3. The second-order valence-corrected chi connectivity index (χ2v) is 6.90. The molecular weight excluding hydrogens is 366 g/mol. The molecule has 24 heavy (non-hydrogen) atoms. The van der Waals surface area contributed by atoms with Crippen LogP contribution in [0.15, 0.2) is 16.6 Å². The predicted molar refractivity (Wildman–Crippen MR) is 103 cm³/mol. The van der Waals surface area contributed by atoms with Crippen LogP contribution in [0.25, 0.3) is 0 Å². The van der Waals surface area contributed by atoms with Gasteiger partial charge in [0, 0.05) is 5.56 Å². The molecular formula is C20H30BrNO2. The molecule has 0 radical (unpaired) electrons. The number of rotatable bonds is 13. The van der Waals surface area contributed by atoms with Crippen molar-refractivity contribution >= 4 is 15.9 Å². The van der Waals surface area contributed by atoms with Gasteiger partial charge in [0.15, 0.2) is 0 Å². The van der Waals surface area contributed by atoms with E-state index in [0.717, 1.165) is 34.4 Å². The van der Waals surface area contributed by atoms with Crippen molar-refractivity contribution in [3.63, 3.8) is 0 Å². The lowest BCUT2D eigenvalue weighted by molar-refractivity contribution is 0.293. The van der Waals surface area contributed by atoms with E-state index in [1.807, 2.05) is 12.1 Å². The topological polar surface area (TPSA) is 42.2 Å². The summed E-state index contributed by atoms with van der Waals surface area (Å²) in [6.07, 6.45) is 9.75. The summed E-state index contributed by atoms with van der Waals surface area (Å²) in [5.41, 5.74) is 0.903. The Balaban J connectivity index is 2.61. The highest BCUT2D eigenvalue weighted by Crippen LogP contribution is 2.33. The molecule has 1 aromatic carbocycles. The highest BCUT2D eigenvalue weighted by atomic mass is 79.9. The number of unbranched alkanes of at least 4 members (excludes halogenated alkanes) is 6. The van der Waals surface area contributed by atoms with Crippen molar-refractivity contribution in [1.82, 2.24) is 0 Å². The van der Waals surface area contributed by atoms with Gasteiger partial charge in [0.25, 0.3) is 0 Å². The number of nitrogens with zero attached hydrogens (tertiary/aromatic N) is 1. The Labute approximate surface area is 155 Å². The summed E-state index contributed by atoms with van der Waals surface area (Å²) in [4.78, 5) is 0. The second kappa shape index (κ2) is 13.1. The van der Waals surface area contributed by atoms with Crippen molar-refractivity contribution in [3.05, 3.63) is 22.2 Å². The Morgan fingerprint density at radius 2 is 1.46 bits per heavy atom. The van der Waals surface area contributed by atoms with Crippen molar-refractivity contribution in [2.75, 3.05) is 13.2 Å². The first-order valence-electron chi connectivity index (χ1n) is 9.17. The molecule has 134 valence electrons. The molecule has 0 saturated carbocycles. The summed E-state index contributed by atoms with van der Waals surface area (Å²) < 4.78 is 12.7. The molecule has 1 aromatic rings. The predicted octanol–water partition coefficient (Wildman–Crippen LogP) is 6.43. The lowest BCUT2D eigenvalue weighted by atomic mass is 10.1. The van der Waals surface area contributed by atoms with Gasteiger partial charge in [-0.15, -0.1) is 0 Å². The first kappa shape index (κ1) is 20.8. The van der Waals surface area contributed by atoms with E-state index in [-0.39, 0.29) is 0 Å². The average Bonchev–Trinajstić information content (AvgIpc) is 2.57. The Bertz CT molecular complexity index is 511. The van der Waals surface area contributed by atoms with Crippen LogP contribution >= 0.6 is 15.9 Å². The molecule has 0 amide bonds. The molecule has 0 spiro atoms. The van der Waals surface area contributed by atoms with Gasteiger partial charge in [-0.1, -0.05) is 52.4 Å². The summed E-state index contributed by atoms with van der Waals surface area (Å²) in [6, 6.07) is 6.09.